The number of rotatable bonds is 8. The number of furan rings is 1. The molecule has 0 aliphatic heterocycles. The second-order valence-electron chi connectivity index (χ2n) is 6.81. The van der Waals surface area contributed by atoms with Crippen molar-refractivity contribution in [3.8, 4) is 11.1 Å². The zero-order valence-electron chi connectivity index (χ0n) is 15.9. The van der Waals surface area contributed by atoms with Crippen LogP contribution in [0.25, 0.3) is 22.3 Å². The van der Waals surface area contributed by atoms with E-state index in [1.807, 2.05) is 17.0 Å². The van der Waals surface area contributed by atoms with Gasteiger partial charge in [-0.1, -0.05) is 44.0 Å². The van der Waals surface area contributed by atoms with Gasteiger partial charge in [-0.05, 0) is 23.6 Å². The van der Waals surface area contributed by atoms with Gasteiger partial charge in [0.15, 0.2) is 17.0 Å². The van der Waals surface area contributed by atoms with Gasteiger partial charge in [-0.15, -0.1) is 0 Å². The van der Waals surface area contributed by atoms with Crippen LogP contribution in [0.1, 0.15) is 31.7 Å². The summed E-state index contributed by atoms with van der Waals surface area (Å²) in [6.45, 7) is 3.70. The highest BCUT2D eigenvalue weighted by Gasteiger charge is 2.12. The predicted octanol–water partition coefficient (Wildman–Crippen LogP) is 4.47. The van der Waals surface area contributed by atoms with E-state index in [9.17, 15) is 0 Å². The predicted molar refractivity (Wildman–Crippen MR) is 111 cm³/mol. The number of nitrogens with zero attached hydrogens (tertiary/aromatic N) is 4. The maximum Gasteiger partial charge on any atom is 0.224 e. The summed E-state index contributed by atoms with van der Waals surface area (Å²) in [5.74, 6) is 0.915. The lowest BCUT2D eigenvalue weighted by molar-refractivity contribution is 0.568. The topological polar surface area (TPSA) is 94.8 Å². The molecule has 0 radical (unpaired) electrons. The summed E-state index contributed by atoms with van der Waals surface area (Å²) in [6.07, 6.45) is 8.69. The number of aromatic nitrogens is 4. The van der Waals surface area contributed by atoms with Crippen molar-refractivity contribution in [2.75, 3.05) is 11.1 Å². The lowest BCUT2D eigenvalue weighted by Crippen LogP contribution is -2.07. The quantitative estimate of drug-likeness (QED) is 0.441. The Kier molecular flexibility index (Phi) is 5.23. The monoisotopic (exact) mass is 376 g/mol. The molecule has 0 bridgehead atoms. The zero-order valence-corrected chi connectivity index (χ0v) is 15.9. The third-order valence-corrected chi connectivity index (χ3v) is 4.75. The van der Waals surface area contributed by atoms with Gasteiger partial charge in [0, 0.05) is 18.7 Å². The van der Waals surface area contributed by atoms with E-state index in [1.165, 1.54) is 12.8 Å². The van der Waals surface area contributed by atoms with Gasteiger partial charge in [0.1, 0.15) is 0 Å². The van der Waals surface area contributed by atoms with Crippen LogP contribution in [0.3, 0.4) is 0 Å². The number of nitrogens with one attached hydrogen (secondary N) is 1. The molecule has 3 N–H and O–H groups in total. The molecule has 0 amide bonds. The first-order valence-electron chi connectivity index (χ1n) is 9.58. The maximum absolute atomic E-state index is 5.94. The maximum atomic E-state index is 5.94. The van der Waals surface area contributed by atoms with E-state index in [1.54, 1.807) is 12.5 Å². The first-order chi connectivity index (χ1) is 13.7. The number of imidazole rings is 1. The first kappa shape index (κ1) is 18.0. The van der Waals surface area contributed by atoms with Crippen molar-refractivity contribution in [3.63, 3.8) is 0 Å². The Morgan fingerprint density at radius 1 is 1.07 bits per heavy atom. The second-order valence-corrected chi connectivity index (χ2v) is 6.81. The number of hydrogen-bond acceptors (Lipinski definition) is 6. The van der Waals surface area contributed by atoms with Crippen LogP contribution >= 0.6 is 0 Å². The Bertz CT molecular complexity index is 1040. The van der Waals surface area contributed by atoms with Crippen molar-refractivity contribution >= 4 is 22.9 Å². The van der Waals surface area contributed by atoms with Gasteiger partial charge in [0.05, 0.1) is 18.9 Å². The Labute approximate surface area is 163 Å². The molecule has 0 saturated heterocycles. The minimum atomic E-state index is 0.252. The number of anilines is 2. The van der Waals surface area contributed by atoms with E-state index >= 15 is 0 Å². The minimum absolute atomic E-state index is 0.252. The summed E-state index contributed by atoms with van der Waals surface area (Å²) < 4.78 is 7.19. The van der Waals surface area contributed by atoms with Crippen molar-refractivity contribution in [1.29, 1.82) is 0 Å². The van der Waals surface area contributed by atoms with E-state index in [0.29, 0.717) is 12.4 Å². The molecular weight excluding hydrogens is 352 g/mol. The van der Waals surface area contributed by atoms with Crippen LogP contribution in [-0.4, -0.2) is 19.5 Å². The number of unbranched alkanes of at least 4 members (excludes halogenated alkanes) is 2. The molecule has 0 unspecified atom stereocenters. The summed E-state index contributed by atoms with van der Waals surface area (Å²) in [7, 11) is 0. The van der Waals surface area contributed by atoms with Crippen LogP contribution in [0, 0.1) is 0 Å². The van der Waals surface area contributed by atoms with Gasteiger partial charge in [-0.25, -0.2) is 4.98 Å². The van der Waals surface area contributed by atoms with Crippen molar-refractivity contribution in [3.05, 3.63) is 54.7 Å². The molecule has 1 aromatic carbocycles. The van der Waals surface area contributed by atoms with Crippen LogP contribution in [0.15, 0.2) is 53.6 Å². The molecule has 0 atom stereocenters. The lowest BCUT2D eigenvalue weighted by Gasteiger charge is -2.09. The molecule has 3 heterocycles. The SMILES string of the molecule is CCCCCn1cnc2c(NCc3ccc(-c4ccoc4)cc3)nc(N)nc21. The summed E-state index contributed by atoms with van der Waals surface area (Å²) in [4.78, 5) is 13.2. The number of nitrogen functional groups attached to an aromatic ring is 1. The molecule has 0 aliphatic carbocycles. The second kappa shape index (κ2) is 8.12. The molecule has 0 spiro atoms. The van der Waals surface area contributed by atoms with Crippen molar-refractivity contribution in [2.24, 2.45) is 0 Å². The van der Waals surface area contributed by atoms with Crippen molar-refractivity contribution in [1.82, 2.24) is 19.5 Å². The highest BCUT2D eigenvalue weighted by Crippen LogP contribution is 2.23. The largest absolute Gasteiger partial charge is 0.472 e. The third-order valence-electron chi connectivity index (χ3n) is 4.75. The molecule has 7 heteroatoms. The third kappa shape index (κ3) is 3.83. The standard InChI is InChI=1S/C21H24N6O/c1-2-3-4-10-27-14-24-18-19(25-21(22)26-20(18)27)23-12-15-5-7-16(8-6-15)17-9-11-28-13-17/h5-9,11,13-14H,2-4,10,12H2,1H3,(H3,22,23,25,26). The van der Waals surface area contributed by atoms with Crippen LogP contribution in [0.4, 0.5) is 11.8 Å². The van der Waals surface area contributed by atoms with Crippen LogP contribution in [0.2, 0.25) is 0 Å². The number of hydrogen-bond donors (Lipinski definition) is 2. The molecule has 0 aliphatic rings. The summed E-state index contributed by atoms with van der Waals surface area (Å²) >= 11 is 0. The van der Waals surface area contributed by atoms with Gasteiger partial charge in [-0.3, -0.25) is 0 Å². The highest BCUT2D eigenvalue weighted by atomic mass is 16.3. The van der Waals surface area contributed by atoms with Gasteiger partial charge >= 0.3 is 0 Å². The van der Waals surface area contributed by atoms with Crippen LogP contribution in [0.5, 0.6) is 0 Å². The van der Waals surface area contributed by atoms with Crippen LogP contribution < -0.4 is 11.1 Å². The Morgan fingerprint density at radius 2 is 1.93 bits per heavy atom. The molecule has 4 rings (SSSR count). The van der Waals surface area contributed by atoms with E-state index in [0.717, 1.165) is 40.8 Å². The molecule has 3 aromatic heterocycles. The summed E-state index contributed by atoms with van der Waals surface area (Å²) in [5.41, 5.74) is 10.8. The fraction of sp³-hybridized carbons (Fsp3) is 0.286. The number of nitrogens with two attached hydrogens (primary N) is 1. The van der Waals surface area contributed by atoms with Crippen molar-refractivity contribution < 1.29 is 4.42 Å². The van der Waals surface area contributed by atoms with Gasteiger partial charge < -0.3 is 20.0 Å². The normalized spacial score (nSPS) is 11.2. The minimum Gasteiger partial charge on any atom is -0.472 e. The number of fused-ring (bicyclic) bond motifs is 1. The van der Waals surface area contributed by atoms with E-state index in [2.05, 4.69) is 51.5 Å². The average molecular weight is 376 g/mol. The molecule has 4 aromatic rings. The molecule has 144 valence electrons. The molecule has 28 heavy (non-hydrogen) atoms. The highest BCUT2D eigenvalue weighted by molar-refractivity contribution is 5.84. The van der Waals surface area contributed by atoms with E-state index in [-0.39, 0.29) is 5.95 Å². The van der Waals surface area contributed by atoms with Gasteiger partial charge in [0.25, 0.3) is 0 Å². The number of aryl methyl sites for hydroxylation is 1. The zero-order chi connectivity index (χ0) is 19.3. The fourth-order valence-electron chi connectivity index (χ4n) is 3.21. The smallest absolute Gasteiger partial charge is 0.224 e. The van der Waals surface area contributed by atoms with Crippen LogP contribution in [-0.2, 0) is 13.1 Å². The number of benzene rings is 1. The Morgan fingerprint density at radius 3 is 2.68 bits per heavy atom. The molecule has 0 fully saturated rings. The van der Waals surface area contributed by atoms with Gasteiger partial charge in [0.2, 0.25) is 5.95 Å². The van der Waals surface area contributed by atoms with Crippen molar-refractivity contribution in [2.45, 2.75) is 39.3 Å². The van der Waals surface area contributed by atoms with Gasteiger partial charge in [-0.2, -0.15) is 9.97 Å². The molecule has 0 saturated carbocycles. The lowest BCUT2D eigenvalue weighted by atomic mass is 10.1. The van der Waals surface area contributed by atoms with E-state index < -0.39 is 0 Å². The summed E-state index contributed by atoms with van der Waals surface area (Å²) in [6, 6.07) is 10.3. The average Bonchev–Trinajstić information content (AvgIpc) is 3.37. The molecular formula is C21H24N6O. The Hall–Kier alpha value is -3.35. The first-order valence-corrected chi connectivity index (χ1v) is 9.58. The Balaban J connectivity index is 1.50. The molecule has 7 nitrogen and oxygen atoms in total. The van der Waals surface area contributed by atoms with E-state index in [4.69, 9.17) is 10.2 Å². The summed E-state index contributed by atoms with van der Waals surface area (Å²) in [5, 5.41) is 3.35. The fourth-order valence-corrected chi connectivity index (χ4v) is 3.21.